The number of halogens is 1. The van der Waals surface area contributed by atoms with Gasteiger partial charge in [0.05, 0.1) is 17.5 Å². The van der Waals surface area contributed by atoms with E-state index in [0.717, 1.165) is 5.56 Å². The Bertz CT molecular complexity index is 1610. The van der Waals surface area contributed by atoms with Gasteiger partial charge in [0.25, 0.3) is 5.91 Å². The van der Waals surface area contributed by atoms with Crippen LogP contribution < -0.4 is 16.4 Å². The molecule has 0 aliphatic carbocycles. The lowest BCUT2D eigenvalue weighted by Crippen LogP contribution is -2.15. The lowest BCUT2D eigenvalue weighted by molar-refractivity contribution is -0.115. The van der Waals surface area contributed by atoms with Gasteiger partial charge in [-0.05, 0) is 42.0 Å². The molecule has 2 aromatic heterocycles. The SMILES string of the molecule is O=C(Cc1ccccc1)Nc1ccc2onc(C(=O)Nc3ccc(Cl)cc3-c3noc(=O)[nH]3)c2c1. The zero-order valence-corrected chi connectivity index (χ0v) is 18.6. The van der Waals surface area contributed by atoms with Gasteiger partial charge >= 0.3 is 5.76 Å². The maximum absolute atomic E-state index is 13.1. The van der Waals surface area contributed by atoms with Crippen molar-refractivity contribution in [3.63, 3.8) is 0 Å². The summed E-state index contributed by atoms with van der Waals surface area (Å²) >= 11 is 6.07. The van der Waals surface area contributed by atoms with Crippen LogP contribution in [0.25, 0.3) is 22.4 Å². The van der Waals surface area contributed by atoms with Crippen LogP contribution in [0.5, 0.6) is 0 Å². The second kappa shape index (κ2) is 9.27. The largest absolute Gasteiger partial charge is 0.439 e. The van der Waals surface area contributed by atoms with Crippen LogP contribution in [-0.4, -0.2) is 27.1 Å². The third kappa shape index (κ3) is 4.82. The minimum Gasteiger partial charge on any atom is -0.355 e. The maximum atomic E-state index is 13.1. The van der Waals surface area contributed by atoms with E-state index in [9.17, 15) is 14.4 Å². The fraction of sp³-hybridized carbons (Fsp3) is 0.0417. The van der Waals surface area contributed by atoms with Crippen molar-refractivity contribution < 1.29 is 18.6 Å². The molecule has 3 N–H and O–H groups in total. The van der Waals surface area contributed by atoms with Crippen molar-refractivity contribution in [2.75, 3.05) is 10.6 Å². The maximum Gasteiger partial charge on any atom is 0.439 e. The number of aromatic amines is 1. The topological polar surface area (TPSA) is 143 Å². The molecule has 0 aliphatic heterocycles. The fourth-order valence-electron chi connectivity index (χ4n) is 3.52. The van der Waals surface area contributed by atoms with Crippen LogP contribution in [-0.2, 0) is 11.2 Å². The second-order valence-corrected chi connectivity index (χ2v) is 7.98. The molecule has 11 heteroatoms. The van der Waals surface area contributed by atoms with Gasteiger partial charge < -0.3 is 15.2 Å². The van der Waals surface area contributed by atoms with Gasteiger partial charge in [0, 0.05) is 16.3 Å². The molecule has 0 fully saturated rings. The van der Waals surface area contributed by atoms with E-state index in [-0.39, 0.29) is 23.8 Å². The molecule has 0 radical (unpaired) electrons. The van der Waals surface area contributed by atoms with Crippen LogP contribution in [0.3, 0.4) is 0 Å². The molecule has 0 unspecified atom stereocenters. The van der Waals surface area contributed by atoms with Crippen molar-refractivity contribution >= 4 is 45.8 Å². The number of carbonyl (C=O) groups excluding carboxylic acids is 2. The van der Waals surface area contributed by atoms with Gasteiger partial charge in [-0.1, -0.05) is 52.2 Å². The summed E-state index contributed by atoms with van der Waals surface area (Å²) in [5, 5.41) is 13.9. The first-order valence-corrected chi connectivity index (χ1v) is 10.7. The van der Waals surface area contributed by atoms with Crippen molar-refractivity contribution in [3.05, 3.63) is 93.6 Å². The zero-order chi connectivity index (χ0) is 24.4. The Morgan fingerprint density at radius 3 is 2.54 bits per heavy atom. The number of hydrogen-bond donors (Lipinski definition) is 3. The minimum atomic E-state index is -0.749. The molecule has 5 rings (SSSR count). The number of fused-ring (bicyclic) bond motifs is 1. The average molecular weight is 490 g/mol. The predicted molar refractivity (Wildman–Crippen MR) is 128 cm³/mol. The van der Waals surface area contributed by atoms with E-state index >= 15 is 0 Å². The van der Waals surface area contributed by atoms with E-state index in [4.69, 9.17) is 16.1 Å². The number of rotatable bonds is 6. The summed E-state index contributed by atoms with van der Waals surface area (Å²) < 4.78 is 9.83. The molecule has 3 aromatic carbocycles. The summed E-state index contributed by atoms with van der Waals surface area (Å²) in [7, 11) is 0. The third-order valence-corrected chi connectivity index (χ3v) is 5.34. The molecule has 0 atom stereocenters. The molecule has 35 heavy (non-hydrogen) atoms. The van der Waals surface area contributed by atoms with Crippen LogP contribution in [0, 0.1) is 0 Å². The molecular weight excluding hydrogens is 474 g/mol. The van der Waals surface area contributed by atoms with Gasteiger partial charge in [-0.15, -0.1) is 0 Å². The highest BCUT2D eigenvalue weighted by Crippen LogP contribution is 2.29. The van der Waals surface area contributed by atoms with E-state index in [1.54, 1.807) is 30.3 Å². The van der Waals surface area contributed by atoms with Crippen molar-refractivity contribution in [2.45, 2.75) is 6.42 Å². The van der Waals surface area contributed by atoms with Gasteiger partial charge in [-0.2, -0.15) is 0 Å². The predicted octanol–water partition coefficient (Wildman–Crippen LogP) is 4.26. The Morgan fingerprint density at radius 2 is 1.77 bits per heavy atom. The standard InChI is InChI=1S/C24H16ClN5O5/c25-14-6-8-18(16(11-14)22-28-24(33)35-30-22)27-23(32)21-17-12-15(7-9-19(17)34-29-21)26-20(31)10-13-4-2-1-3-5-13/h1-9,11-12H,10H2,(H,26,31)(H,27,32)(H,28,30,33). The van der Waals surface area contributed by atoms with Gasteiger partial charge in [-0.25, -0.2) is 4.79 Å². The first kappa shape index (κ1) is 22.1. The molecule has 2 amide bonds. The number of carbonyl (C=O) groups is 2. The molecule has 0 saturated heterocycles. The molecular formula is C24H16ClN5O5. The Morgan fingerprint density at radius 1 is 0.943 bits per heavy atom. The average Bonchev–Trinajstić information content (AvgIpc) is 3.47. The Balaban J connectivity index is 1.39. The summed E-state index contributed by atoms with van der Waals surface area (Å²) in [6.45, 7) is 0. The van der Waals surface area contributed by atoms with E-state index < -0.39 is 11.7 Å². The monoisotopic (exact) mass is 489 g/mol. The molecule has 2 heterocycles. The molecule has 0 bridgehead atoms. The lowest BCUT2D eigenvalue weighted by atomic mass is 10.1. The number of nitrogens with one attached hydrogen (secondary N) is 3. The van der Waals surface area contributed by atoms with Crippen molar-refractivity contribution in [3.8, 4) is 11.4 Å². The Hall–Kier alpha value is -4.70. The van der Waals surface area contributed by atoms with Gasteiger partial charge in [0.15, 0.2) is 17.1 Å². The van der Waals surface area contributed by atoms with Crippen LogP contribution >= 0.6 is 11.6 Å². The highest BCUT2D eigenvalue weighted by Gasteiger charge is 2.20. The van der Waals surface area contributed by atoms with Crippen molar-refractivity contribution in [2.24, 2.45) is 0 Å². The lowest BCUT2D eigenvalue weighted by Gasteiger charge is -2.09. The number of H-pyrrole nitrogens is 1. The van der Waals surface area contributed by atoms with Gasteiger partial charge in [0.1, 0.15) is 0 Å². The van der Waals surface area contributed by atoms with Gasteiger partial charge in [0.2, 0.25) is 5.91 Å². The number of nitrogens with zero attached hydrogens (tertiary/aromatic N) is 2. The normalized spacial score (nSPS) is 10.9. The third-order valence-electron chi connectivity index (χ3n) is 5.10. The van der Waals surface area contributed by atoms with Crippen molar-refractivity contribution in [1.29, 1.82) is 0 Å². The summed E-state index contributed by atoms with van der Waals surface area (Å²) in [5.41, 5.74) is 2.40. The summed E-state index contributed by atoms with van der Waals surface area (Å²) in [6.07, 6.45) is 0.208. The number of hydrogen-bond acceptors (Lipinski definition) is 7. The number of benzene rings is 3. The minimum absolute atomic E-state index is 0.00806. The van der Waals surface area contributed by atoms with Crippen molar-refractivity contribution in [1.82, 2.24) is 15.3 Å². The van der Waals surface area contributed by atoms with E-state index in [1.807, 2.05) is 30.3 Å². The molecule has 0 spiro atoms. The zero-order valence-electron chi connectivity index (χ0n) is 17.9. The number of aromatic nitrogens is 3. The Labute approximate surface area is 201 Å². The first-order valence-electron chi connectivity index (χ1n) is 10.4. The first-order chi connectivity index (χ1) is 17.0. The number of amides is 2. The quantitative estimate of drug-likeness (QED) is 0.323. The highest BCUT2D eigenvalue weighted by atomic mass is 35.5. The number of anilines is 2. The van der Waals surface area contributed by atoms with E-state index in [0.29, 0.717) is 32.9 Å². The second-order valence-electron chi connectivity index (χ2n) is 7.54. The van der Waals surface area contributed by atoms with Crippen LogP contribution in [0.1, 0.15) is 16.1 Å². The highest BCUT2D eigenvalue weighted by molar-refractivity contribution is 6.31. The molecule has 174 valence electrons. The summed E-state index contributed by atoms with van der Waals surface area (Å²) in [6, 6.07) is 18.9. The smallest absolute Gasteiger partial charge is 0.355 e. The van der Waals surface area contributed by atoms with Crippen LogP contribution in [0.4, 0.5) is 11.4 Å². The van der Waals surface area contributed by atoms with E-state index in [1.165, 1.54) is 6.07 Å². The fourth-order valence-corrected chi connectivity index (χ4v) is 3.69. The summed E-state index contributed by atoms with van der Waals surface area (Å²) in [5.74, 6) is -1.43. The van der Waals surface area contributed by atoms with Crippen LogP contribution in [0.15, 0.2) is 80.6 Å². The molecule has 0 aliphatic rings. The molecule has 10 nitrogen and oxygen atoms in total. The Kier molecular flexibility index (Phi) is 5.86. The van der Waals surface area contributed by atoms with E-state index in [2.05, 4.69) is 30.5 Å². The molecule has 0 saturated carbocycles. The summed E-state index contributed by atoms with van der Waals surface area (Å²) in [4.78, 5) is 39.3. The van der Waals surface area contributed by atoms with Crippen LogP contribution in [0.2, 0.25) is 5.02 Å². The van der Waals surface area contributed by atoms with Gasteiger partial charge in [-0.3, -0.25) is 19.1 Å². The molecule has 5 aromatic rings.